The number of hydrogen-bond donors (Lipinski definition) is 0. The first kappa shape index (κ1) is 26.0. The first-order valence-electron chi connectivity index (χ1n) is 10.1. The minimum absolute atomic E-state index is 0. The number of allylic oxidation sites excluding steroid dienone is 3. The van der Waals surface area contributed by atoms with Gasteiger partial charge in [0.2, 0.25) is 0 Å². The Bertz CT molecular complexity index is 318. The highest BCUT2D eigenvalue weighted by atomic mass is 35.5. The third kappa shape index (κ3) is 13.1. The van der Waals surface area contributed by atoms with Gasteiger partial charge in [-0.3, -0.25) is 0 Å². The van der Waals surface area contributed by atoms with E-state index < -0.39 is 0 Å². The summed E-state index contributed by atoms with van der Waals surface area (Å²) < 4.78 is 1.33. The zero-order valence-corrected chi connectivity index (χ0v) is 18.2. The Kier molecular flexibility index (Phi) is 17.5. The van der Waals surface area contributed by atoms with Crippen LogP contribution in [0.1, 0.15) is 92.9 Å². The van der Waals surface area contributed by atoms with Crippen LogP contribution in [0.4, 0.5) is 0 Å². The Morgan fingerprint density at radius 1 is 0.750 bits per heavy atom. The molecule has 0 aromatic carbocycles. The Balaban J connectivity index is 0. The minimum Gasteiger partial charge on any atom is -1.00 e. The summed E-state index contributed by atoms with van der Waals surface area (Å²) in [4.78, 5) is 0. The molecule has 0 atom stereocenters. The minimum atomic E-state index is 0. The summed E-state index contributed by atoms with van der Waals surface area (Å²) in [5.41, 5.74) is 3.02. The second kappa shape index (κ2) is 16.2. The predicted octanol–water partition coefficient (Wildman–Crippen LogP) is 3.90. The lowest BCUT2D eigenvalue weighted by Gasteiger charge is -2.38. The maximum Gasteiger partial charge on any atom is 0.0976 e. The molecule has 0 aliphatic rings. The van der Waals surface area contributed by atoms with Gasteiger partial charge in [0.15, 0.2) is 0 Å². The topological polar surface area (TPSA) is 0 Å². The molecule has 1 nitrogen and oxygen atoms in total. The molecule has 0 radical (unpaired) electrons. The van der Waals surface area contributed by atoms with E-state index in [1.54, 1.807) is 5.57 Å². The number of quaternary nitrogens is 1. The van der Waals surface area contributed by atoms with Crippen molar-refractivity contribution >= 4 is 0 Å². The maximum absolute atomic E-state index is 2.56. The highest BCUT2D eigenvalue weighted by Crippen LogP contribution is 2.17. The van der Waals surface area contributed by atoms with Crippen molar-refractivity contribution in [2.24, 2.45) is 0 Å². The van der Waals surface area contributed by atoms with Gasteiger partial charge in [0, 0.05) is 0 Å². The second-order valence-corrected chi connectivity index (χ2v) is 7.63. The molecule has 0 aliphatic heterocycles. The molecule has 0 aromatic heterocycles. The van der Waals surface area contributed by atoms with Gasteiger partial charge in [0.05, 0.1) is 26.2 Å². The van der Waals surface area contributed by atoms with Crippen molar-refractivity contribution in [2.45, 2.75) is 92.9 Å². The number of halogens is 1. The number of unbranched alkanes of at least 4 members (excludes halogenated alkanes) is 3. The third-order valence-corrected chi connectivity index (χ3v) is 4.88. The zero-order chi connectivity index (χ0) is 17.6. The highest BCUT2D eigenvalue weighted by Gasteiger charge is 2.24. The third-order valence-electron chi connectivity index (χ3n) is 4.88. The van der Waals surface area contributed by atoms with E-state index in [0.717, 1.165) is 0 Å². The molecular weight excluding hydrogens is 314 g/mol. The first-order chi connectivity index (χ1) is 11.0. The van der Waals surface area contributed by atoms with Crippen LogP contribution in [0, 0.1) is 0 Å². The Morgan fingerprint density at radius 2 is 1.21 bits per heavy atom. The van der Waals surface area contributed by atoms with Crippen LogP contribution in [0.3, 0.4) is 0 Å². The molecule has 24 heavy (non-hydrogen) atoms. The lowest BCUT2D eigenvalue weighted by Crippen LogP contribution is -3.00. The first-order valence-corrected chi connectivity index (χ1v) is 10.1. The Labute approximate surface area is 159 Å². The molecule has 0 rings (SSSR count). The molecule has 0 bridgehead atoms. The fraction of sp³-hybridized carbons (Fsp3) is 0.818. The number of hydrogen-bond acceptors (Lipinski definition) is 0. The molecule has 0 amide bonds. The molecule has 144 valence electrons. The van der Waals surface area contributed by atoms with Crippen molar-refractivity contribution in [1.82, 2.24) is 0 Å². The molecule has 0 unspecified atom stereocenters. The van der Waals surface area contributed by atoms with Gasteiger partial charge in [-0.2, -0.15) is 0 Å². The van der Waals surface area contributed by atoms with E-state index in [4.69, 9.17) is 0 Å². The SMILES string of the molecule is CCCC[N+](C/C=C(\C)CCC=C(C)C)(CCCC)CCCC.[Cl-]. The monoisotopic (exact) mass is 357 g/mol. The van der Waals surface area contributed by atoms with E-state index in [0.29, 0.717) is 0 Å². The smallest absolute Gasteiger partial charge is 0.0976 e. The van der Waals surface area contributed by atoms with E-state index >= 15 is 0 Å². The summed E-state index contributed by atoms with van der Waals surface area (Å²) in [5.74, 6) is 0. The lowest BCUT2D eigenvalue weighted by atomic mass is 10.1. The van der Waals surface area contributed by atoms with Gasteiger partial charge in [-0.25, -0.2) is 0 Å². The van der Waals surface area contributed by atoms with Crippen LogP contribution in [0.5, 0.6) is 0 Å². The van der Waals surface area contributed by atoms with Crippen molar-refractivity contribution in [3.8, 4) is 0 Å². The van der Waals surface area contributed by atoms with Gasteiger partial charge in [-0.15, -0.1) is 0 Å². The quantitative estimate of drug-likeness (QED) is 0.326. The summed E-state index contributed by atoms with van der Waals surface area (Å²) in [6, 6.07) is 0. The van der Waals surface area contributed by atoms with Gasteiger partial charge in [-0.1, -0.05) is 57.3 Å². The second-order valence-electron chi connectivity index (χ2n) is 7.63. The van der Waals surface area contributed by atoms with Crippen molar-refractivity contribution in [3.63, 3.8) is 0 Å². The van der Waals surface area contributed by atoms with E-state index in [-0.39, 0.29) is 12.4 Å². The summed E-state index contributed by atoms with van der Waals surface area (Å²) in [5, 5.41) is 0. The van der Waals surface area contributed by atoms with Crippen LogP contribution in [0.2, 0.25) is 0 Å². The van der Waals surface area contributed by atoms with Crippen LogP contribution >= 0.6 is 0 Å². The average Bonchev–Trinajstić information content (AvgIpc) is 2.53. The Morgan fingerprint density at radius 3 is 1.58 bits per heavy atom. The van der Waals surface area contributed by atoms with Gasteiger partial charge in [0.1, 0.15) is 0 Å². The normalized spacial score (nSPS) is 12.0. The molecular formula is C22H44ClN. The van der Waals surface area contributed by atoms with E-state index in [9.17, 15) is 0 Å². The summed E-state index contributed by atoms with van der Waals surface area (Å²) in [6.45, 7) is 19.1. The molecule has 0 saturated heterocycles. The van der Waals surface area contributed by atoms with Crippen LogP contribution in [-0.2, 0) is 0 Å². The molecule has 2 heteroatoms. The number of rotatable bonds is 14. The maximum atomic E-state index is 2.56. The van der Waals surface area contributed by atoms with E-state index in [1.807, 2.05) is 0 Å². The molecule has 0 aliphatic carbocycles. The van der Waals surface area contributed by atoms with Crippen LogP contribution in [0.25, 0.3) is 0 Å². The summed E-state index contributed by atoms with van der Waals surface area (Å²) in [7, 11) is 0. The van der Waals surface area contributed by atoms with Crippen molar-refractivity contribution < 1.29 is 16.9 Å². The summed E-state index contributed by atoms with van der Waals surface area (Å²) in [6.07, 6.45) is 15.4. The zero-order valence-electron chi connectivity index (χ0n) is 17.5. The molecule has 0 fully saturated rings. The van der Waals surface area contributed by atoms with Crippen LogP contribution in [-0.4, -0.2) is 30.7 Å². The lowest BCUT2D eigenvalue weighted by molar-refractivity contribution is -0.923. The standard InChI is InChI=1S/C22H44N.ClH/c1-7-10-17-23(18-11-8-2,19-12-9-3)20-16-22(6)15-13-14-21(4)5;/h14,16H,7-13,15,17-20H2,1-6H3;1H/q+1;/p-1/b22-16+;. The van der Waals surface area contributed by atoms with Crippen molar-refractivity contribution in [2.75, 3.05) is 26.2 Å². The van der Waals surface area contributed by atoms with Crippen LogP contribution in [0.15, 0.2) is 23.3 Å². The number of nitrogens with zero attached hydrogens (tertiary/aromatic N) is 1. The molecule has 0 heterocycles. The predicted molar refractivity (Wildman–Crippen MR) is 107 cm³/mol. The van der Waals surface area contributed by atoms with Gasteiger partial charge < -0.3 is 16.9 Å². The van der Waals surface area contributed by atoms with Gasteiger partial charge >= 0.3 is 0 Å². The largest absolute Gasteiger partial charge is 1.00 e. The van der Waals surface area contributed by atoms with E-state index in [1.165, 1.54) is 87.6 Å². The summed E-state index contributed by atoms with van der Waals surface area (Å²) >= 11 is 0. The van der Waals surface area contributed by atoms with E-state index in [2.05, 4.69) is 53.7 Å². The average molecular weight is 358 g/mol. The molecule has 0 saturated carbocycles. The van der Waals surface area contributed by atoms with Gasteiger partial charge in [0.25, 0.3) is 0 Å². The molecule has 0 N–H and O–H groups in total. The fourth-order valence-electron chi connectivity index (χ4n) is 3.13. The molecule has 0 aromatic rings. The van der Waals surface area contributed by atoms with Crippen LogP contribution < -0.4 is 12.4 Å². The highest BCUT2D eigenvalue weighted by molar-refractivity contribution is 5.02. The van der Waals surface area contributed by atoms with Gasteiger partial charge in [-0.05, 0) is 59.0 Å². The van der Waals surface area contributed by atoms with Crippen molar-refractivity contribution in [1.29, 1.82) is 0 Å². The Hall–Kier alpha value is -0.270. The fourth-order valence-corrected chi connectivity index (χ4v) is 3.13. The molecule has 0 spiro atoms. The van der Waals surface area contributed by atoms with Crippen molar-refractivity contribution in [3.05, 3.63) is 23.3 Å².